The molecule has 2 fully saturated rings. The maximum atomic E-state index is 12.6. The summed E-state index contributed by atoms with van der Waals surface area (Å²) in [6.07, 6.45) is 4.59. The summed E-state index contributed by atoms with van der Waals surface area (Å²) < 4.78 is 5.55. The zero-order chi connectivity index (χ0) is 21.2. The van der Waals surface area contributed by atoms with Crippen LogP contribution in [0.2, 0.25) is 0 Å². The van der Waals surface area contributed by atoms with Gasteiger partial charge in [0, 0.05) is 30.4 Å². The van der Waals surface area contributed by atoms with Crippen molar-refractivity contribution in [2.45, 2.75) is 56.6 Å². The van der Waals surface area contributed by atoms with Crippen molar-refractivity contribution in [2.24, 2.45) is 0 Å². The largest absolute Gasteiger partial charge is 0.393 e. The number of nitrogens with one attached hydrogen (secondary N) is 1. The standard InChI is InChI=1S/C23H27N5O3/c29-18-8-6-17(7-9-18)24-23(30)28-13-11-16(12-14-28)22-26-21(27-31-22)20-10-5-15-3-1-2-4-19(15)25-20/h1-5,10,16-18,29H,6-9,11-14H2,(H,24,30). The predicted molar refractivity (Wildman–Crippen MR) is 115 cm³/mol. The van der Waals surface area contributed by atoms with Gasteiger partial charge in [0.15, 0.2) is 0 Å². The van der Waals surface area contributed by atoms with Gasteiger partial charge in [-0.05, 0) is 50.7 Å². The molecule has 0 radical (unpaired) electrons. The second kappa shape index (κ2) is 8.63. The van der Waals surface area contributed by atoms with Crippen LogP contribution in [0.5, 0.6) is 0 Å². The number of urea groups is 1. The Morgan fingerprint density at radius 2 is 1.77 bits per heavy atom. The minimum Gasteiger partial charge on any atom is -0.393 e. The van der Waals surface area contributed by atoms with Crippen molar-refractivity contribution in [3.8, 4) is 11.5 Å². The molecule has 1 aliphatic carbocycles. The Morgan fingerprint density at radius 3 is 2.58 bits per heavy atom. The normalized spacial score (nSPS) is 22.5. The Labute approximate surface area is 180 Å². The minimum atomic E-state index is -0.215. The molecule has 1 saturated heterocycles. The monoisotopic (exact) mass is 421 g/mol. The number of aromatic nitrogens is 3. The number of nitrogens with zero attached hydrogens (tertiary/aromatic N) is 4. The first-order chi connectivity index (χ1) is 15.2. The third-order valence-corrected chi connectivity index (χ3v) is 6.42. The van der Waals surface area contributed by atoms with Crippen LogP contribution >= 0.6 is 0 Å². The molecular formula is C23H27N5O3. The van der Waals surface area contributed by atoms with E-state index in [-0.39, 0.29) is 24.1 Å². The van der Waals surface area contributed by atoms with Gasteiger partial charge in [0.1, 0.15) is 5.69 Å². The van der Waals surface area contributed by atoms with Gasteiger partial charge in [-0.3, -0.25) is 0 Å². The van der Waals surface area contributed by atoms with Gasteiger partial charge in [-0.1, -0.05) is 29.4 Å². The van der Waals surface area contributed by atoms with Crippen molar-refractivity contribution in [1.82, 2.24) is 25.3 Å². The van der Waals surface area contributed by atoms with Gasteiger partial charge >= 0.3 is 6.03 Å². The summed E-state index contributed by atoms with van der Waals surface area (Å²) in [6, 6.07) is 12.0. The van der Waals surface area contributed by atoms with Crippen LogP contribution in [-0.2, 0) is 0 Å². The summed E-state index contributed by atoms with van der Waals surface area (Å²) >= 11 is 0. The molecule has 0 unspecified atom stereocenters. The van der Waals surface area contributed by atoms with Crippen LogP contribution in [0.25, 0.3) is 22.4 Å². The number of hydrogen-bond acceptors (Lipinski definition) is 6. The highest BCUT2D eigenvalue weighted by Gasteiger charge is 2.29. The molecule has 1 aliphatic heterocycles. The second-order valence-corrected chi connectivity index (χ2v) is 8.56. The number of hydrogen-bond donors (Lipinski definition) is 2. The number of benzene rings is 1. The summed E-state index contributed by atoms with van der Waals surface area (Å²) in [5.74, 6) is 1.27. The number of amides is 2. The van der Waals surface area contributed by atoms with E-state index >= 15 is 0 Å². The molecule has 2 N–H and O–H groups in total. The molecule has 31 heavy (non-hydrogen) atoms. The highest BCUT2D eigenvalue weighted by molar-refractivity contribution is 5.80. The van der Waals surface area contributed by atoms with Crippen molar-refractivity contribution in [2.75, 3.05) is 13.1 Å². The van der Waals surface area contributed by atoms with Gasteiger partial charge in [-0.25, -0.2) is 9.78 Å². The zero-order valence-electron chi connectivity index (χ0n) is 17.4. The number of aliphatic hydroxyl groups excluding tert-OH is 1. The molecule has 0 bridgehead atoms. The molecule has 2 aliphatic rings. The van der Waals surface area contributed by atoms with E-state index in [1.54, 1.807) is 0 Å². The molecule has 3 heterocycles. The van der Waals surface area contributed by atoms with Crippen LogP contribution in [0.15, 0.2) is 40.9 Å². The fourth-order valence-electron chi connectivity index (χ4n) is 4.51. The SMILES string of the molecule is O=C(NC1CCC(O)CC1)N1CCC(c2nc(-c3ccc4ccccc4n3)no2)CC1. The smallest absolute Gasteiger partial charge is 0.317 e. The average molecular weight is 422 g/mol. The first-order valence-corrected chi connectivity index (χ1v) is 11.1. The van der Waals surface area contributed by atoms with Crippen molar-refractivity contribution >= 4 is 16.9 Å². The van der Waals surface area contributed by atoms with E-state index in [2.05, 4.69) is 20.4 Å². The molecule has 1 saturated carbocycles. The van der Waals surface area contributed by atoms with Crippen LogP contribution < -0.4 is 5.32 Å². The van der Waals surface area contributed by atoms with Crippen LogP contribution in [-0.4, -0.2) is 56.4 Å². The Morgan fingerprint density at radius 1 is 1.00 bits per heavy atom. The Balaban J connectivity index is 1.18. The molecule has 5 rings (SSSR count). The fraction of sp³-hybridized carbons (Fsp3) is 0.478. The number of aliphatic hydroxyl groups is 1. The molecule has 1 aromatic carbocycles. The highest BCUT2D eigenvalue weighted by Crippen LogP contribution is 2.29. The van der Waals surface area contributed by atoms with E-state index in [1.807, 2.05) is 41.3 Å². The summed E-state index contributed by atoms with van der Waals surface area (Å²) in [5.41, 5.74) is 1.60. The molecule has 162 valence electrons. The highest BCUT2D eigenvalue weighted by atomic mass is 16.5. The Hall–Kier alpha value is -3.00. The molecule has 2 amide bonds. The topological polar surface area (TPSA) is 104 Å². The van der Waals surface area contributed by atoms with E-state index < -0.39 is 0 Å². The number of pyridine rings is 1. The van der Waals surface area contributed by atoms with Crippen LogP contribution in [0.3, 0.4) is 0 Å². The summed E-state index contributed by atoms with van der Waals surface area (Å²) in [7, 11) is 0. The maximum Gasteiger partial charge on any atom is 0.317 e. The fourth-order valence-corrected chi connectivity index (χ4v) is 4.51. The van der Waals surface area contributed by atoms with Gasteiger partial charge in [0.25, 0.3) is 0 Å². The van der Waals surface area contributed by atoms with Crippen molar-refractivity contribution in [3.63, 3.8) is 0 Å². The second-order valence-electron chi connectivity index (χ2n) is 8.56. The number of rotatable bonds is 3. The number of carbonyl (C=O) groups is 1. The summed E-state index contributed by atoms with van der Waals surface area (Å²) in [5, 5.41) is 18.0. The minimum absolute atomic E-state index is 0.00794. The summed E-state index contributed by atoms with van der Waals surface area (Å²) in [6.45, 7) is 1.33. The first kappa shape index (κ1) is 19.9. The van der Waals surface area contributed by atoms with Crippen molar-refractivity contribution in [3.05, 3.63) is 42.3 Å². The van der Waals surface area contributed by atoms with Crippen LogP contribution in [0.4, 0.5) is 4.79 Å². The molecule has 3 aromatic rings. The zero-order valence-corrected chi connectivity index (χ0v) is 17.4. The predicted octanol–water partition coefficient (Wildman–Crippen LogP) is 3.48. The molecule has 0 atom stereocenters. The van der Waals surface area contributed by atoms with E-state index in [9.17, 15) is 9.90 Å². The first-order valence-electron chi connectivity index (χ1n) is 11.1. The van der Waals surface area contributed by atoms with Crippen LogP contribution in [0.1, 0.15) is 50.3 Å². The lowest BCUT2D eigenvalue weighted by Gasteiger charge is -2.33. The third-order valence-electron chi connectivity index (χ3n) is 6.42. The van der Waals surface area contributed by atoms with Gasteiger partial charge < -0.3 is 19.8 Å². The summed E-state index contributed by atoms with van der Waals surface area (Å²) in [4.78, 5) is 23.7. The van der Waals surface area contributed by atoms with Gasteiger partial charge in [0.2, 0.25) is 11.7 Å². The van der Waals surface area contributed by atoms with E-state index in [0.29, 0.717) is 30.5 Å². The molecule has 0 spiro atoms. The average Bonchev–Trinajstić information content (AvgIpc) is 3.31. The third kappa shape index (κ3) is 4.39. The van der Waals surface area contributed by atoms with Gasteiger partial charge in [0.05, 0.1) is 11.6 Å². The maximum absolute atomic E-state index is 12.6. The molecule has 8 nitrogen and oxygen atoms in total. The van der Waals surface area contributed by atoms with E-state index in [1.165, 1.54) is 0 Å². The number of para-hydroxylation sites is 1. The number of carbonyl (C=O) groups excluding carboxylic acids is 1. The quantitative estimate of drug-likeness (QED) is 0.671. The number of likely N-dealkylation sites (tertiary alicyclic amines) is 1. The Kier molecular flexibility index (Phi) is 5.55. The van der Waals surface area contributed by atoms with E-state index in [0.717, 1.165) is 49.4 Å². The van der Waals surface area contributed by atoms with Crippen molar-refractivity contribution < 1.29 is 14.4 Å². The number of piperidine rings is 1. The molecular weight excluding hydrogens is 394 g/mol. The van der Waals surface area contributed by atoms with Gasteiger partial charge in [-0.2, -0.15) is 4.98 Å². The van der Waals surface area contributed by atoms with Crippen LogP contribution in [0, 0.1) is 0 Å². The molecule has 8 heteroatoms. The molecule has 2 aromatic heterocycles. The lowest BCUT2D eigenvalue weighted by atomic mass is 9.93. The lowest BCUT2D eigenvalue weighted by molar-refractivity contribution is 0.113. The lowest BCUT2D eigenvalue weighted by Crippen LogP contribution is -2.48. The van der Waals surface area contributed by atoms with Gasteiger partial charge in [-0.15, -0.1) is 0 Å². The Bertz CT molecular complexity index is 1050. The number of fused-ring (bicyclic) bond motifs is 1. The van der Waals surface area contributed by atoms with Crippen molar-refractivity contribution in [1.29, 1.82) is 0 Å². The van der Waals surface area contributed by atoms with E-state index in [4.69, 9.17) is 4.52 Å².